The van der Waals surface area contributed by atoms with Crippen molar-refractivity contribution in [1.82, 2.24) is 0 Å². The summed E-state index contributed by atoms with van der Waals surface area (Å²) in [7, 11) is 0. The normalized spacial score (nSPS) is 14.6. The molecule has 5 aromatic rings. The molecule has 0 unspecified atom stereocenters. The lowest BCUT2D eigenvalue weighted by molar-refractivity contribution is 0.552. The molecule has 0 saturated carbocycles. The fourth-order valence-electron chi connectivity index (χ4n) is 9.96. The molecule has 7 rings (SSSR count). The van der Waals surface area contributed by atoms with E-state index in [2.05, 4.69) is 222 Å². The smallest absolute Gasteiger partial charge is 0.0843 e. The minimum Gasteiger partial charge on any atom is -0.0843 e. The van der Waals surface area contributed by atoms with Crippen LogP contribution >= 0.6 is 23.2 Å². The van der Waals surface area contributed by atoms with E-state index in [9.17, 15) is 0 Å². The van der Waals surface area contributed by atoms with E-state index in [1.165, 1.54) is 88.4 Å². The zero-order chi connectivity index (χ0) is 45.9. The van der Waals surface area contributed by atoms with Gasteiger partial charge in [-0.1, -0.05) is 253 Å². The fourth-order valence-corrected chi connectivity index (χ4v) is 10.3. The van der Waals surface area contributed by atoms with E-state index >= 15 is 0 Å². The standard InChI is InChI=1S/C58H70B2Cl2/c1-53(2,3)39-31-43(55(7,8)9)51(44(32-39)56(10,11)12)59-47-25-23-41(61)27-35(47)19-21-37-30-50-38(29-49(37)59)22-20-36-28-42(62)24-26-48(36)60(50)52-45(57(13,14)15)33-40(54(4,5)6)34-46(52)58(16,17)18/h19-34H,1-18H3. The highest BCUT2D eigenvalue weighted by atomic mass is 35.5. The molecule has 2 aliphatic rings. The summed E-state index contributed by atoms with van der Waals surface area (Å²) in [6.45, 7) is 42.7. The molecule has 0 N–H and O–H groups in total. The van der Waals surface area contributed by atoms with Crippen LogP contribution in [0.1, 0.15) is 180 Å². The van der Waals surface area contributed by atoms with Gasteiger partial charge in [0.15, 0.2) is 0 Å². The van der Waals surface area contributed by atoms with Crippen molar-refractivity contribution < 1.29 is 0 Å². The Bertz CT molecular complexity index is 2390. The lowest BCUT2D eigenvalue weighted by Crippen LogP contribution is -2.60. The summed E-state index contributed by atoms with van der Waals surface area (Å²) in [5.41, 5.74) is 20.8. The molecule has 0 spiro atoms. The second kappa shape index (κ2) is 15.5. The molecule has 0 fully saturated rings. The van der Waals surface area contributed by atoms with Crippen LogP contribution in [-0.2, 0) is 32.5 Å². The van der Waals surface area contributed by atoms with Crippen molar-refractivity contribution >= 4 is 93.7 Å². The quantitative estimate of drug-likeness (QED) is 0.152. The summed E-state index contributed by atoms with van der Waals surface area (Å²) in [5, 5.41) is 1.51. The van der Waals surface area contributed by atoms with Crippen molar-refractivity contribution in [3.05, 3.63) is 138 Å². The van der Waals surface area contributed by atoms with Crippen molar-refractivity contribution in [2.24, 2.45) is 0 Å². The number of hydrogen-bond donors (Lipinski definition) is 0. The highest BCUT2D eigenvalue weighted by Crippen LogP contribution is 2.37. The van der Waals surface area contributed by atoms with Gasteiger partial charge in [-0.15, -0.1) is 0 Å². The molecule has 0 amide bonds. The molecule has 322 valence electrons. The second-order valence-corrected chi connectivity index (χ2v) is 25.5. The maximum Gasteiger partial charge on any atom is 0.243 e. The van der Waals surface area contributed by atoms with E-state index in [0.717, 1.165) is 10.0 Å². The summed E-state index contributed by atoms with van der Waals surface area (Å²) < 4.78 is 0. The van der Waals surface area contributed by atoms with Crippen LogP contribution in [0, 0.1) is 0 Å². The molecule has 2 aliphatic heterocycles. The predicted octanol–water partition coefficient (Wildman–Crippen LogP) is 12.8. The van der Waals surface area contributed by atoms with Crippen LogP contribution in [0.25, 0.3) is 24.3 Å². The molecule has 0 saturated heterocycles. The largest absolute Gasteiger partial charge is 0.243 e. The maximum absolute atomic E-state index is 6.87. The molecule has 0 aliphatic carbocycles. The average Bonchev–Trinajstić information content (AvgIpc) is 3.37. The van der Waals surface area contributed by atoms with E-state index in [1.807, 2.05) is 0 Å². The zero-order valence-electron chi connectivity index (χ0n) is 41.1. The highest BCUT2D eigenvalue weighted by molar-refractivity contribution is 6.99. The van der Waals surface area contributed by atoms with E-state index in [1.54, 1.807) is 0 Å². The van der Waals surface area contributed by atoms with Gasteiger partial charge in [-0.05, 0) is 112 Å². The van der Waals surface area contributed by atoms with Crippen LogP contribution < -0.4 is 32.8 Å². The third kappa shape index (κ3) is 8.74. The molecule has 0 aromatic heterocycles. The highest BCUT2D eigenvalue weighted by Gasteiger charge is 2.41. The Labute approximate surface area is 387 Å². The molecule has 2 heterocycles. The fraction of sp³-hybridized carbons (Fsp3) is 0.414. The topological polar surface area (TPSA) is 0 Å². The Morgan fingerprint density at radius 3 is 0.806 bits per heavy atom. The predicted molar refractivity (Wildman–Crippen MR) is 282 cm³/mol. The zero-order valence-corrected chi connectivity index (χ0v) is 42.7. The van der Waals surface area contributed by atoms with Crippen molar-refractivity contribution in [2.45, 2.75) is 157 Å². The number of fused-ring (bicyclic) bond motifs is 4. The van der Waals surface area contributed by atoms with Crippen LogP contribution in [0.2, 0.25) is 10.0 Å². The van der Waals surface area contributed by atoms with Crippen molar-refractivity contribution in [3.8, 4) is 0 Å². The molecule has 62 heavy (non-hydrogen) atoms. The summed E-state index contributed by atoms with van der Waals surface area (Å²) in [6, 6.07) is 28.3. The molecule has 0 atom stereocenters. The Morgan fingerprint density at radius 1 is 0.306 bits per heavy atom. The van der Waals surface area contributed by atoms with Crippen LogP contribution in [0.15, 0.2) is 72.8 Å². The maximum atomic E-state index is 6.87. The summed E-state index contributed by atoms with van der Waals surface area (Å²) in [6.07, 6.45) is 9.37. The van der Waals surface area contributed by atoms with Crippen molar-refractivity contribution in [3.63, 3.8) is 0 Å². The van der Waals surface area contributed by atoms with Gasteiger partial charge in [0.25, 0.3) is 0 Å². The number of rotatable bonds is 2. The third-order valence-corrected chi connectivity index (χ3v) is 13.9. The number of hydrogen-bond acceptors (Lipinski definition) is 0. The second-order valence-electron chi connectivity index (χ2n) is 24.7. The van der Waals surface area contributed by atoms with Gasteiger partial charge in [0, 0.05) is 10.0 Å². The lowest BCUT2D eigenvalue weighted by atomic mass is 9.31. The van der Waals surface area contributed by atoms with Gasteiger partial charge in [-0.2, -0.15) is 0 Å². The first kappa shape index (κ1) is 46.3. The molecule has 5 aromatic carbocycles. The molecule has 4 heteroatoms. The van der Waals surface area contributed by atoms with Gasteiger partial charge in [0.05, 0.1) is 0 Å². The molecule has 0 nitrogen and oxygen atoms in total. The first-order valence-electron chi connectivity index (χ1n) is 22.9. The van der Waals surface area contributed by atoms with Gasteiger partial charge in [-0.25, -0.2) is 0 Å². The Balaban J connectivity index is 1.66. The molecular weight excluding hydrogens is 789 g/mol. The lowest BCUT2D eigenvalue weighted by Gasteiger charge is -2.37. The number of halogens is 2. The summed E-state index contributed by atoms with van der Waals surface area (Å²) in [4.78, 5) is 0. The van der Waals surface area contributed by atoms with Crippen LogP contribution in [0.3, 0.4) is 0 Å². The van der Waals surface area contributed by atoms with Crippen molar-refractivity contribution in [1.29, 1.82) is 0 Å². The SMILES string of the molecule is CC(C)(C)c1cc(C(C)(C)C)c(B2c3ccc(Cl)cc3C=Cc3cc4c(cc32)C=Cc2cc(Cl)ccc2B4c2c(C(C)(C)C)cc(C(C)(C)C)cc2C(C)(C)C)c(C(C)(C)C)c1. The van der Waals surface area contributed by atoms with Gasteiger partial charge in [0.1, 0.15) is 0 Å². The Hall–Kier alpha value is -3.71. The Morgan fingerprint density at radius 2 is 0.565 bits per heavy atom. The van der Waals surface area contributed by atoms with Gasteiger partial charge in [0.2, 0.25) is 13.4 Å². The van der Waals surface area contributed by atoms with E-state index in [-0.39, 0.29) is 45.9 Å². The van der Waals surface area contributed by atoms with Crippen LogP contribution in [0.4, 0.5) is 0 Å². The van der Waals surface area contributed by atoms with E-state index in [0.29, 0.717) is 0 Å². The molecule has 0 radical (unpaired) electrons. The van der Waals surface area contributed by atoms with Crippen molar-refractivity contribution in [2.75, 3.05) is 0 Å². The van der Waals surface area contributed by atoms with Gasteiger partial charge in [-0.3, -0.25) is 0 Å². The summed E-state index contributed by atoms with van der Waals surface area (Å²) >= 11 is 13.7. The van der Waals surface area contributed by atoms with Crippen LogP contribution in [0.5, 0.6) is 0 Å². The average molecular weight is 860 g/mol. The minimum absolute atomic E-state index is 0.00912. The van der Waals surface area contributed by atoms with Crippen LogP contribution in [-0.4, -0.2) is 13.4 Å². The van der Waals surface area contributed by atoms with Gasteiger partial charge >= 0.3 is 0 Å². The van der Waals surface area contributed by atoms with E-state index < -0.39 is 0 Å². The third-order valence-electron chi connectivity index (χ3n) is 13.4. The first-order chi connectivity index (χ1) is 28.4. The molecular formula is C58H70B2Cl2. The minimum atomic E-state index is -0.118. The first-order valence-corrected chi connectivity index (χ1v) is 23.6. The van der Waals surface area contributed by atoms with E-state index in [4.69, 9.17) is 23.2 Å². The molecule has 0 bridgehead atoms. The van der Waals surface area contributed by atoms with Gasteiger partial charge < -0.3 is 0 Å². The number of benzene rings is 5. The Kier molecular flexibility index (Phi) is 11.6. The monoisotopic (exact) mass is 859 g/mol. The summed E-state index contributed by atoms with van der Waals surface area (Å²) in [5.74, 6) is 0.